The van der Waals surface area contributed by atoms with Crippen LogP contribution in [0, 0.1) is 10.5 Å². The molecule has 4 aromatic rings. The van der Waals surface area contributed by atoms with E-state index in [0.29, 0.717) is 16.1 Å². The van der Waals surface area contributed by atoms with E-state index in [1.165, 1.54) is 5.69 Å². The Bertz CT molecular complexity index is 1400. The number of aryl methyl sites for hydroxylation is 1. The maximum Gasteiger partial charge on any atom is 0.258 e. The van der Waals surface area contributed by atoms with Crippen LogP contribution < -0.4 is 15.5 Å². The van der Waals surface area contributed by atoms with E-state index >= 15 is 0 Å². The van der Waals surface area contributed by atoms with Crippen LogP contribution in [0.2, 0.25) is 5.02 Å². The van der Waals surface area contributed by atoms with Crippen LogP contribution in [0.15, 0.2) is 54.6 Å². The Morgan fingerprint density at radius 2 is 1.71 bits per heavy atom. The minimum atomic E-state index is -0.371. The average molecular weight is 619 g/mol. The first-order valence-corrected chi connectivity index (χ1v) is 13.0. The fourth-order valence-corrected chi connectivity index (χ4v) is 4.60. The summed E-state index contributed by atoms with van der Waals surface area (Å²) in [4.78, 5) is 16.5. The van der Waals surface area contributed by atoms with Gasteiger partial charge in [0.2, 0.25) is 0 Å². The lowest BCUT2D eigenvalue weighted by Gasteiger charge is -2.20. The van der Waals surface area contributed by atoms with E-state index in [0.717, 1.165) is 39.1 Å². The van der Waals surface area contributed by atoms with Crippen molar-refractivity contribution in [2.24, 2.45) is 0 Å². The Morgan fingerprint density at radius 1 is 1.06 bits per heavy atom. The molecule has 0 atom stereocenters. The predicted octanol–water partition coefficient (Wildman–Crippen LogP) is 5.96. The third-order valence-corrected chi connectivity index (χ3v) is 6.79. The van der Waals surface area contributed by atoms with Crippen LogP contribution in [-0.4, -0.2) is 39.1 Å². The Kier molecular flexibility index (Phi) is 7.88. The summed E-state index contributed by atoms with van der Waals surface area (Å²) in [6.45, 7) is 8.13. The molecule has 10 heteroatoms. The average Bonchev–Trinajstić information content (AvgIpc) is 3.24. The minimum Gasteiger partial charge on any atom is -0.372 e. The molecule has 180 valence electrons. The zero-order valence-electron chi connectivity index (χ0n) is 19.5. The predicted molar refractivity (Wildman–Crippen MR) is 155 cm³/mol. The number of carbonyl (C=O) groups is 1. The normalized spacial score (nSPS) is 10.9. The zero-order chi connectivity index (χ0) is 25.1. The molecular weight excluding hydrogens is 595 g/mol. The fourth-order valence-electron chi connectivity index (χ4n) is 3.70. The van der Waals surface area contributed by atoms with Crippen LogP contribution in [0.3, 0.4) is 0 Å². The van der Waals surface area contributed by atoms with Crippen LogP contribution in [-0.2, 0) is 0 Å². The first kappa shape index (κ1) is 25.3. The number of thiocarbonyl (C=S) groups is 1. The van der Waals surface area contributed by atoms with Crippen molar-refractivity contribution in [1.82, 2.24) is 20.3 Å². The molecule has 35 heavy (non-hydrogen) atoms. The lowest BCUT2D eigenvalue weighted by Crippen LogP contribution is -2.34. The van der Waals surface area contributed by atoms with Gasteiger partial charge in [-0.1, -0.05) is 11.6 Å². The molecule has 1 heterocycles. The number of aromatic nitrogens is 3. The van der Waals surface area contributed by atoms with Crippen LogP contribution in [0.1, 0.15) is 29.8 Å². The summed E-state index contributed by atoms with van der Waals surface area (Å²) in [6.07, 6.45) is 0. The van der Waals surface area contributed by atoms with Crippen molar-refractivity contribution in [3.63, 3.8) is 0 Å². The van der Waals surface area contributed by atoms with Crippen molar-refractivity contribution in [2.45, 2.75) is 20.8 Å². The Labute approximate surface area is 228 Å². The second kappa shape index (κ2) is 10.9. The van der Waals surface area contributed by atoms with Crippen LogP contribution in [0.25, 0.3) is 16.7 Å². The number of halogens is 2. The van der Waals surface area contributed by atoms with Gasteiger partial charge in [0, 0.05) is 28.0 Å². The summed E-state index contributed by atoms with van der Waals surface area (Å²) in [5, 5.41) is 15.6. The molecule has 0 fully saturated rings. The van der Waals surface area contributed by atoms with Crippen molar-refractivity contribution < 1.29 is 4.79 Å². The van der Waals surface area contributed by atoms with Gasteiger partial charge in [0.25, 0.3) is 5.91 Å². The molecule has 0 radical (unpaired) electrons. The number of hydrogen-bond acceptors (Lipinski definition) is 5. The highest BCUT2D eigenvalue weighted by Crippen LogP contribution is 2.24. The van der Waals surface area contributed by atoms with Gasteiger partial charge in [0.1, 0.15) is 11.0 Å². The number of hydrogen-bond donors (Lipinski definition) is 2. The number of benzene rings is 3. The largest absolute Gasteiger partial charge is 0.372 e. The second-order valence-corrected chi connectivity index (χ2v) is 9.93. The minimum absolute atomic E-state index is 0.173. The summed E-state index contributed by atoms with van der Waals surface area (Å²) in [7, 11) is 0. The number of fused-ring (bicyclic) bond motifs is 1. The maximum atomic E-state index is 12.6. The molecule has 0 saturated heterocycles. The monoisotopic (exact) mass is 618 g/mol. The van der Waals surface area contributed by atoms with Crippen LogP contribution in [0.4, 0.5) is 11.4 Å². The van der Waals surface area contributed by atoms with Crippen LogP contribution >= 0.6 is 46.4 Å². The molecule has 1 amide bonds. The SMILES string of the molecule is CCN(CC)c1ccc(-n2nc3cc(C)c(NC(=S)NC(=O)c4cc(I)ccc4Cl)cc3n2)cc1. The van der Waals surface area contributed by atoms with Gasteiger partial charge in [-0.05, 0) is 116 Å². The summed E-state index contributed by atoms with van der Waals surface area (Å²) >= 11 is 13.7. The molecule has 0 unspecified atom stereocenters. The van der Waals surface area contributed by atoms with E-state index in [2.05, 4.69) is 74.3 Å². The fraction of sp³-hybridized carbons (Fsp3) is 0.200. The summed E-state index contributed by atoms with van der Waals surface area (Å²) in [5.74, 6) is -0.371. The van der Waals surface area contributed by atoms with Gasteiger partial charge in [-0.3, -0.25) is 10.1 Å². The van der Waals surface area contributed by atoms with Gasteiger partial charge in [-0.2, -0.15) is 4.80 Å². The lowest BCUT2D eigenvalue weighted by molar-refractivity contribution is 0.0978. The highest BCUT2D eigenvalue weighted by Gasteiger charge is 2.14. The molecule has 0 spiro atoms. The van der Waals surface area contributed by atoms with Crippen molar-refractivity contribution in [2.75, 3.05) is 23.3 Å². The smallest absolute Gasteiger partial charge is 0.258 e. The van der Waals surface area contributed by atoms with E-state index in [4.69, 9.17) is 23.8 Å². The molecule has 0 bridgehead atoms. The summed E-state index contributed by atoms with van der Waals surface area (Å²) < 4.78 is 0.906. The Morgan fingerprint density at radius 3 is 2.37 bits per heavy atom. The van der Waals surface area contributed by atoms with Crippen LogP contribution in [0.5, 0.6) is 0 Å². The number of carbonyl (C=O) groups excluding carboxylic acids is 1. The van der Waals surface area contributed by atoms with E-state index in [-0.39, 0.29) is 11.0 Å². The molecule has 1 aromatic heterocycles. The van der Waals surface area contributed by atoms with Gasteiger partial charge < -0.3 is 10.2 Å². The Balaban J connectivity index is 1.52. The molecule has 0 aliphatic carbocycles. The molecule has 7 nitrogen and oxygen atoms in total. The lowest BCUT2D eigenvalue weighted by atomic mass is 10.2. The molecule has 0 aliphatic heterocycles. The number of nitrogens with zero attached hydrogens (tertiary/aromatic N) is 4. The van der Waals surface area contributed by atoms with Gasteiger partial charge in [-0.25, -0.2) is 0 Å². The third kappa shape index (κ3) is 5.74. The maximum absolute atomic E-state index is 12.6. The van der Waals surface area contributed by atoms with Gasteiger partial charge >= 0.3 is 0 Å². The number of nitrogens with one attached hydrogen (secondary N) is 2. The molecule has 0 saturated carbocycles. The first-order valence-electron chi connectivity index (χ1n) is 11.1. The zero-order valence-corrected chi connectivity index (χ0v) is 23.2. The number of rotatable bonds is 6. The Hall–Kier alpha value is -2.76. The van der Waals surface area contributed by atoms with Crippen molar-refractivity contribution in [1.29, 1.82) is 0 Å². The van der Waals surface area contributed by atoms with E-state index in [1.54, 1.807) is 16.9 Å². The van der Waals surface area contributed by atoms with Gasteiger partial charge in [-0.15, -0.1) is 10.2 Å². The molecule has 0 aliphatic rings. The molecule has 4 rings (SSSR count). The topological polar surface area (TPSA) is 75.1 Å². The van der Waals surface area contributed by atoms with Crippen molar-refractivity contribution in [3.8, 4) is 5.69 Å². The van der Waals surface area contributed by atoms with Gasteiger partial charge in [0.15, 0.2) is 5.11 Å². The highest BCUT2D eigenvalue weighted by molar-refractivity contribution is 14.1. The van der Waals surface area contributed by atoms with E-state index < -0.39 is 0 Å². The standard InChI is InChI=1S/C25H24ClIN6OS/c1-4-32(5-2)17-7-9-18(10-8-17)33-30-22-12-15(3)21(14-23(22)31-33)28-25(35)29-24(34)19-13-16(27)6-11-20(19)26/h6-14H,4-5H2,1-3H3,(H2,28,29,34,35). The van der Waals surface area contributed by atoms with Crippen molar-refractivity contribution >= 4 is 79.8 Å². The van der Waals surface area contributed by atoms with E-state index in [1.807, 2.05) is 37.3 Å². The number of anilines is 2. The first-order chi connectivity index (χ1) is 16.8. The molecule has 2 N–H and O–H groups in total. The summed E-state index contributed by atoms with van der Waals surface area (Å²) in [6, 6.07) is 17.2. The van der Waals surface area contributed by atoms with Gasteiger partial charge in [0.05, 0.1) is 16.3 Å². The number of amides is 1. The molecule has 3 aromatic carbocycles. The molecular formula is C25H24ClIN6OS. The third-order valence-electron chi connectivity index (χ3n) is 5.58. The second-order valence-electron chi connectivity index (χ2n) is 7.87. The van der Waals surface area contributed by atoms with Crippen molar-refractivity contribution in [3.05, 3.63) is 74.3 Å². The highest BCUT2D eigenvalue weighted by atomic mass is 127. The van der Waals surface area contributed by atoms with E-state index in [9.17, 15) is 4.79 Å². The summed E-state index contributed by atoms with van der Waals surface area (Å²) in [5.41, 5.74) is 5.54. The quantitative estimate of drug-likeness (QED) is 0.205.